The third-order valence-electron chi connectivity index (χ3n) is 8.75. The first-order valence-corrected chi connectivity index (χ1v) is 17.2. The fourth-order valence-corrected chi connectivity index (χ4v) is 8.59. The van der Waals surface area contributed by atoms with Gasteiger partial charge in [-0.3, -0.25) is 4.90 Å². The molecule has 0 aliphatic carbocycles. The molecule has 1 aromatic heterocycles. The largest absolute Gasteiger partial charge is 0.497 e. The number of ether oxygens (including phenoxy) is 3. The first-order chi connectivity index (χ1) is 22.3. The Bertz CT molecular complexity index is 1770. The van der Waals surface area contributed by atoms with Crippen molar-refractivity contribution in [2.24, 2.45) is 10.9 Å². The molecule has 242 valence electrons. The fourth-order valence-electron chi connectivity index (χ4n) is 6.44. The molecule has 0 spiro atoms. The quantitative estimate of drug-likeness (QED) is 0.178. The van der Waals surface area contributed by atoms with Crippen LogP contribution in [-0.4, -0.2) is 63.3 Å². The fraction of sp³-hybridized carbons (Fsp3) is 0.364. The number of anilines is 1. The van der Waals surface area contributed by atoms with Crippen LogP contribution in [-0.2, 0) is 16.6 Å². The minimum Gasteiger partial charge on any atom is -0.497 e. The highest BCUT2D eigenvalue weighted by molar-refractivity contribution is 7.93. The van der Waals surface area contributed by atoms with Crippen LogP contribution in [0.4, 0.5) is 9.52 Å². The van der Waals surface area contributed by atoms with Crippen LogP contribution in [0.15, 0.2) is 76.9 Å². The summed E-state index contributed by atoms with van der Waals surface area (Å²) in [7, 11) is -1.02. The second kappa shape index (κ2) is 13.7. The third-order valence-corrected chi connectivity index (χ3v) is 11.3. The van der Waals surface area contributed by atoms with Gasteiger partial charge in [0.25, 0.3) is 10.0 Å². The predicted molar refractivity (Wildman–Crippen MR) is 175 cm³/mol. The predicted octanol–water partition coefficient (Wildman–Crippen LogP) is 6.07. The van der Waals surface area contributed by atoms with Crippen molar-refractivity contribution in [2.75, 3.05) is 38.2 Å². The molecule has 3 aromatic carbocycles. The van der Waals surface area contributed by atoms with Crippen molar-refractivity contribution in [2.45, 2.75) is 42.8 Å². The number of rotatable bonds is 11. The van der Waals surface area contributed by atoms with E-state index in [1.54, 1.807) is 37.4 Å². The van der Waals surface area contributed by atoms with Crippen molar-refractivity contribution in [1.29, 1.82) is 0 Å². The number of hydrogen-bond acceptors (Lipinski definition) is 10. The normalized spacial score (nSPS) is 19.9. The Balaban J connectivity index is 1.33. The average molecular weight is 666 g/mol. The molecule has 0 unspecified atom stereocenters. The molecular weight excluding hydrogens is 630 g/mol. The zero-order chi connectivity index (χ0) is 32.3. The van der Waals surface area contributed by atoms with Gasteiger partial charge in [0.1, 0.15) is 29.4 Å². The summed E-state index contributed by atoms with van der Waals surface area (Å²) >= 11 is 0.992. The number of fused-ring (bicyclic) bond motifs is 1. The van der Waals surface area contributed by atoms with E-state index in [9.17, 15) is 12.8 Å². The van der Waals surface area contributed by atoms with E-state index in [0.717, 1.165) is 48.5 Å². The minimum absolute atomic E-state index is 0.00368. The molecule has 3 heterocycles. The summed E-state index contributed by atoms with van der Waals surface area (Å²) in [6.45, 7) is 5.61. The SMILES string of the molecule is C=NC[C@@H]1CCN([C@@H]2CCOc3cc(S(=O)(=O)N(Cc4ccc(OC)cc4OC)c4ncns4)ccc32)[C@H](c2ccc(F)cc2)C1. The van der Waals surface area contributed by atoms with Crippen LogP contribution in [0.2, 0.25) is 0 Å². The zero-order valence-corrected chi connectivity index (χ0v) is 27.3. The monoisotopic (exact) mass is 665 g/mol. The molecule has 13 heteroatoms. The van der Waals surface area contributed by atoms with Gasteiger partial charge in [-0.25, -0.2) is 22.1 Å². The molecule has 1 fully saturated rings. The lowest BCUT2D eigenvalue weighted by Gasteiger charge is -2.45. The number of benzene rings is 3. The number of hydrogen-bond donors (Lipinski definition) is 0. The summed E-state index contributed by atoms with van der Waals surface area (Å²) in [5.74, 6) is 1.73. The zero-order valence-electron chi connectivity index (χ0n) is 25.7. The molecule has 0 amide bonds. The molecule has 2 aliphatic rings. The van der Waals surface area contributed by atoms with Crippen molar-refractivity contribution in [1.82, 2.24) is 14.3 Å². The average Bonchev–Trinajstić information content (AvgIpc) is 3.62. The number of aliphatic imine (C=N–C) groups is 1. The standard InChI is InChI=1S/C33H36FN5O5S2/c1-35-19-22-12-14-38(30(16-22)23-4-7-25(34)8-5-23)29-13-15-44-32-18-27(10-11-28(29)32)46(40,41)39(33-36-21-37-45-33)20-24-6-9-26(42-2)17-31(24)43-3/h4-11,17-18,21-22,29-30H,1,12-16,19-20H2,2-3H3/t22-,29-,30+/m1/s1. The summed E-state index contributed by atoms with van der Waals surface area (Å²) in [6.07, 6.45) is 3.91. The lowest BCUT2D eigenvalue weighted by atomic mass is 9.84. The number of piperidine rings is 1. The van der Waals surface area contributed by atoms with Crippen LogP contribution in [0.25, 0.3) is 0 Å². The van der Waals surface area contributed by atoms with Crippen LogP contribution in [0.3, 0.4) is 0 Å². The second-order valence-corrected chi connectivity index (χ2v) is 14.0. The van der Waals surface area contributed by atoms with Crippen molar-refractivity contribution in [3.8, 4) is 17.2 Å². The van der Waals surface area contributed by atoms with E-state index in [0.29, 0.717) is 41.9 Å². The highest BCUT2D eigenvalue weighted by Crippen LogP contribution is 2.45. The molecule has 2 aliphatic heterocycles. The van der Waals surface area contributed by atoms with E-state index in [-0.39, 0.29) is 34.5 Å². The van der Waals surface area contributed by atoms with E-state index in [1.165, 1.54) is 29.9 Å². The number of methoxy groups -OCH3 is 2. The molecular formula is C33H36FN5O5S2. The third kappa shape index (κ3) is 6.44. The van der Waals surface area contributed by atoms with Gasteiger partial charge in [0, 0.05) is 59.8 Å². The Labute approximate surface area is 272 Å². The van der Waals surface area contributed by atoms with Crippen LogP contribution < -0.4 is 18.5 Å². The molecule has 3 atom stereocenters. The molecule has 6 rings (SSSR count). The van der Waals surface area contributed by atoms with Gasteiger partial charge in [0.2, 0.25) is 5.13 Å². The van der Waals surface area contributed by atoms with Gasteiger partial charge >= 0.3 is 0 Å². The van der Waals surface area contributed by atoms with Crippen LogP contribution in [0.5, 0.6) is 17.2 Å². The van der Waals surface area contributed by atoms with Gasteiger partial charge in [0.15, 0.2) is 0 Å². The summed E-state index contributed by atoms with van der Waals surface area (Å²) in [5.41, 5.74) is 2.61. The summed E-state index contributed by atoms with van der Waals surface area (Å²) in [5, 5.41) is 0.230. The minimum atomic E-state index is -4.10. The Morgan fingerprint density at radius 1 is 1.09 bits per heavy atom. The number of aromatic nitrogens is 2. The summed E-state index contributed by atoms with van der Waals surface area (Å²) in [6, 6.07) is 17.1. The lowest BCUT2D eigenvalue weighted by molar-refractivity contribution is 0.0469. The number of sulfonamides is 1. The first kappa shape index (κ1) is 31.9. The Morgan fingerprint density at radius 3 is 2.63 bits per heavy atom. The van der Waals surface area contributed by atoms with Crippen LogP contribution in [0, 0.1) is 11.7 Å². The highest BCUT2D eigenvalue weighted by Gasteiger charge is 2.38. The number of likely N-dealkylation sites (tertiary alicyclic amines) is 1. The first-order valence-electron chi connectivity index (χ1n) is 15.0. The second-order valence-electron chi connectivity index (χ2n) is 11.4. The van der Waals surface area contributed by atoms with E-state index >= 15 is 0 Å². The molecule has 0 saturated carbocycles. The van der Waals surface area contributed by atoms with Crippen molar-refractivity contribution in [3.05, 3.63) is 89.5 Å². The van der Waals surface area contributed by atoms with Gasteiger partial charge < -0.3 is 19.2 Å². The topological polar surface area (TPSA) is 106 Å². The highest BCUT2D eigenvalue weighted by atomic mass is 32.2. The molecule has 0 radical (unpaired) electrons. The molecule has 4 aromatic rings. The maximum atomic E-state index is 14.3. The van der Waals surface area contributed by atoms with Crippen molar-refractivity contribution >= 4 is 33.4 Å². The lowest BCUT2D eigenvalue weighted by Crippen LogP contribution is -2.41. The van der Waals surface area contributed by atoms with Gasteiger partial charge in [-0.1, -0.05) is 18.2 Å². The van der Waals surface area contributed by atoms with Crippen LogP contribution in [0.1, 0.15) is 48.0 Å². The molecule has 46 heavy (non-hydrogen) atoms. The van der Waals surface area contributed by atoms with Gasteiger partial charge in [0.05, 0.1) is 32.3 Å². The van der Waals surface area contributed by atoms with E-state index < -0.39 is 10.0 Å². The Morgan fingerprint density at radius 2 is 1.91 bits per heavy atom. The number of nitrogens with zero attached hydrogens (tertiary/aromatic N) is 5. The van der Waals surface area contributed by atoms with E-state index in [4.69, 9.17) is 14.2 Å². The maximum Gasteiger partial charge on any atom is 0.266 e. The van der Waals surface area contributed by atoms with Crippen LogP contribution >= 0.6 is 11.5 Å². The molecule has 10 nitrogen and oxygen atoms in total. The molecule has 0 bridgehead atoms. The van der Waals surface area contributed by atoms with Crippen molar-refractivity contribution in [3.63, 3.8) is 0 Å². The summed E-state index contributed by atoms with van der Waals surface area (Å²) in [4.78, 5) is 10.9. The Kier molecular flexibility index (Phi) is 9.52. The maximum absolute atomic E-state index is 14.3. The molecule has 1 saturated heterocycles. The molecule has 0 N–H and O–H groups in total. The summed E-state index contributed by atoms with van der Waals surface area (Å²) < 4.78 is 64.7. The van der Waals surface area contributed by atoms with E-state index in [2.05, 4.69) is 26.0 Å². The van der Waals surface area contributed by atoms with E-state index in [1.807, 2.05) is 18.2 Å². The smallest absolute Gasteiger partial charge is 0.266 e. The number of halogens is 1. The van der Waals surface area contributed by atoms with Gasteiger partial charge in [-0.2, -0.15) is 4.37 Å². The Hall–Kier alpha value is -4.07. The van der Waals surface area contributed by atoms with Crippen molar-refractivity contribution < 1.29 is 27.0 Å². The van der Waals surface area contributed by atoms with Gasteiger partial charge in [-0.15, -0.1) is 0 Å². The van der Waals surface area contributed by atoms with Gasteiger partial charge in [-0.05, 0) is 67.9 Å².